The van der Waals surface area contributed by atoms with Crippen LogP contribution in [0.25, 0.3) is 0 Å². The van der Waals surface area contributed by atoms with Gasteiger partial charge in [0.2, 0.25) is 5.91 Å². The summed E-state index contributed by atoms with van der Waals surface area (Å²) in [5.41, 5.74) is 0.495. The van der Waals surface area contributed by atoms with E-state index in [-0.39, 0.29) is 18.9 Å². The molecule has 1 aromatic carbocycles. The van der Waals surface area contributed by atoms with Crippen molar-refractivity contribution in [1.29, 1.82) is 0 Å². The van der Waals surface area contributed by atoms with Gasteiger partial charge in [-0.1, -0.05) is 12.1 Å². The first-order valence-electron chi connectivity index (χ1n) is 7.02. The van der Waals surface area contributed by atoms with Gasteiger partial charge in [-0.05, 0) is 29.8 Å². The third-order valence-corrected chi connectivity index (χ3v) is 3.08. The summed E-state index contributed by atoms with van der Waals surface area (Å²) >= 11 is 0. The Morgan fingerprint density at radius 1 is 1.17 bits per heavy atom. The quantitative estimate of drug-likeness (QED) is 0.858. The Labute approximate surface area is 131 Å². The third kappa shape index (κ3) is 5.61. The summed E-state index contributed by atoms with van der Waals surface area (Å²) in [4.78, 5) is 15.6. The van der Waals surface area contributed by atoms with Gasteiger partial charge in [-0.3, -0.25) is 9.78 Å². The molecule has 2 N–H and O–H groups in total. The number of alkyl halides is 3. The van der Waals surface area contributed by atoms with Crippen molar-refractivity contribution in [2.75, 3.05) is 11.9 Å². The van der Waals surface area contributed by atoms with Crippen molar-refractivity contribution in [3.8, 4) is 0 Å². The van der Waals surface area contributed by atoms with Crippen LogP contribution in [0.4, 0.5) is 18.9 Å². The van der Waals surface area contributed by atoms with Crippen molar-refractivity contribution in [1.82, 2.24) is 10.3 Å². The Hall–Kier alpha value is -2.57. The number of hydrogen-bond acceptors (Lipinski definition) is 3. The standard InChI is InChI=1S/C16H16F3N3O/c17-16(18,19)13-4-1-5-14(9-13)21-8-6-15(23)22-11-12-3-2-7-20-10-12/h1-5,7,9-10,21H,6,8,11H2,(H,22,23). The summed E-state index contributed by atoms with van der Waals surface area (Å²) in [6.07, 6.45) is -0.916. The number of pyridine rings is 1. The molecule has 2 rings (SSSR count). The van der Waals surface area contributed by atoms with Crippen molar-refractivity contribution in [2.45, 2.75) is 19.1 Å². The van der Waals surface area contributed by atoms with E-state index in [4.69, 9.17) is 0 Å². The van der Waals surface area contributed by atoms with Gasteiger partial charge in [0.25, 0.3) is 0 Å². The lowest BCUT2D eigenvalue weighted by Gasteiger charge is -2.10. The van der Waals surface area contributed by atoms with Crippen LogP contribution >= 0.6 is 0 Å². The Balaban J connectivity index is 1.75. The summed E-state index contributed by atoms with van der Waals surface area (Å²) in [7, 11) is 0. The van der Waals surface area contributed by atoms with Crippen LogP contribution in [0.5, 0.6) is 0 Å². The highest BCUT2D eigenvalue weighted by molar-refractivity contribution is 5.76. The summed E-state index contributed by atoms with van der Waals surface area (Å²) < 4.78 is 37.7. The van der Waals surface area contributed by atoms with Crippen LogP contribution in [0.3, 0.4) is 0 Å². The molecule has 0 fully saturated rings. The number of nitrogens with zero attached hydrogens (tertiary/aromatic N) is 1. The number of hydrogen-bond donors (Lipinski definition) is 2. The van der Waals surface area contributed by atoms with E-state index in [1.54, 1.807) is 18.5 Å². The molecule has 0 aliphatic heterocycles. The van der Waals surface area contributed by atoms with E-state index in [1.165, 1.54) is 12.1 Å². The zero-order chi connectivity index (χ0) is 16.7. The summed E-state index contributed by atoms with van der Waals surface area (Å²) in [5, 5.41) is 5.53. The number of amides is 1. The molecular weight excluding hydrogens is 307 g/mol. The monoisotopic (exact) mass is 323 g/mol. The minimum absolute atomic E-state index is 0.163. The van der Waals surface area contributed by atoms with Gasteiger partial charge in [0.05, 0.1) is 5.56 Å². The summed E-state index contributed by atoms with van der Waals surface area (Å²) in [6.45, 7) is 0.621. The maximum Gasteiger partial charge on any atom is 0.416 e. The molecule has 1 aromatic heterocycles. The molecule has 0 saturated heterocycles. The van der Waals surface area contributed by atoms with Crippen LogP contribution in [0.1, 0.15) is 17.5 Å². The van der Waals surface area contributed by atoms with E-state index in [1.807, 2.05) is 6.07 Å². The maximum atomic E-state index is 12.6. The van der Waals surface area contributed by atoms with Crippen molar-refractivity contribution in [2.24, 2.45) is 0 Å². The minimum Gasteiger partial charge on any atom is -0.385 e. The number of halogens is 3. The second kappa shape index (κ2) is 7.62. The average molecular weight is 323 g/mol. The van der Waals surface area contributed by atoms with Gasteiger partial charge in [0, 0.05) is 37.6 Å². The number of anilines is 1. The molecule has 1 amide bonds. The molecule has 0 unspecified atom stereocenters. The molecule has 0 atom stereocenters. The first-order chi connectivity index (χ1) is 10.9. The van der Waals surface area contributed by atoms with E-state index >= 15 is 0 Å². The van der Waals surface area contributed by atoms with Crippen LogP contribution in [-0.2, 0) is 17.5 Å². The number of carbonyl (C=O) groups excluding carboxylic acids is 1. The third-order valence-electron chi connectivity index (χ3n) is 3.08. The highest BCUT2D eigenvalue weighted by Gasteiger charge is 2.30. The first kappa shape index (κ1) is 16.8. The van der Waals surface area contributed by atoms with E-state index in [0.29, 0.717) is 12.2 Å². The molecule has 0 bridgehead atoms. The topological polar surface area (TPSA) is 54.0 Å². The van der Waals surface area contributed by atoms with Gasteiger partial charge in [0.15, 0.2) is 0 Å². The van der Waals surface area contributed by atoms with E-state index in [2.05, 4.69) is 15.6 Å². The van der Waals surface area contributed by atoms with Crippen molar-refractivity contribution in [3.05, 3.63) is 59.9 Å². The molecule has 23 heavy (non-hydrogen) atoms. The fourth-order valence-corrected chi connectivity index (χ4v) is 1.92. The van der Waals surface area contributed by atoms with Gasteiger partial charge in [-0.2, -0.15) is 13.2 Å². The molecule has 1 heterocycles. The Bertz CT molecular complexity index is 645. The molecule has 0 spiro atoms. The Kier molecular flexibility index (Phi) is 5.56. The van der Waals surface area contributed by atoms with Gasteiger partial charge in [0.1, 0.15) is 0 Å². The normalized spacial score (nSPS) is 11.1. The zero-order valence-electron chi connectivity index (χ0n) is 12.2. The van der Waals surface area contributed by atoms with E-state index in [0.717, 1.165) is 17.7 Å². The highest BCUT2D eigenvalue weighted by Crippen LogP contribution is 2.30. The zero-order valence-corrected chi connectivity index (χ0v) is 12.2. The van der Waals surface area contributed by atoms with Gasteiger partial charge in [-0.25, -0.2) is 0 Å². The smallest absolute Gasteiger partial charge is 0.385 e. The molecule has 7 heteroatoms. The second-order valence-electron chi connectivity index (χ2n) is 4.89. The van der Waals surface area contributed by atoms with Crippen LogP contribution < -0.4 is 10.6 Å². The van der Waals surface area contributed by atoms with Crippen LogP contribution in [0.2, 0.25) is 0 Å². The number of benzene rings is 1. The maximum absolute atomic E-state index is 12.6. The largest absolute Gasteiger partial charge is 0.416 e. The molecule has 2 aromatic rings. The van der Waals surface area contributed by atoms with Crippen molar-refractivity contribution < 1.29 is 18.0 Å². The summed E-state index contributed by atoms with van der Waals surface area (Å²) in [6, 6.07) is 8.50. The molecule has 0 aliphatic rings. The average Bonchev–Trinajstić information content (AvgIpc) is 2.53. The lowest BCUT2D eigenvalue weighted by Crippen LogP contribution is -2.24. The molecule has 0 radical (unpaired) electrons. The molecular formula is C16H16F3N3O. The van der Waals surface area contributed by atoms with Crippen molar-refractivity contribution in [3.63, 3.8) is 0 Å². The Morgan fingerprint density at radius 3 is 2.70 bits per heavy atom. The minimum atomic E-state index is -4.38. The van der Waals surface area contributed by atoms with Crippen molar-refractivity contribution >= 4 is 11.6 Å². The fourth-order valence-electron chi connectivity index (χ4n) is 1.92. The SMILES string of the molecule is O=C(CCNc1cccc(C(F)(F)F)c1)NCc1cccnc1. The van der Waals surface area contributed by atoms with E-state index in [9.17, 15) is 18.0 Å². The van der Waals surface area contributed by atoms with E-state index < -0.39 is 11.7 Å². The first-order valence-corrected chi connectivity index (χ1v) is 7.02. The predicted octanol–water partition coefficient (Wildman–Crippen LogP) is 3.22. The Morgan fingerprint density at radius 2 is 2.00 bits per heavy atom. The molecule has 0 saturated carbocycles. The molecule has 0 aliphatic carbocycles. The molecule has 4 nitrogen and oxygen atoms in total. The number of nitrogens with one attached hydrogen (secondary N) is 2. The number of carbonyl (C=O) groups is 1. The van der Waals surface area contributed by atoms with Gasteiger partial charge >= 0.3 is 6.18 Å². The van der Waals surface area contributed by atoms with Crippen LogP contribution in [-0.4, -0.2) is 17.4 Å². The van der Waals surface area contributed by atoms with Gasteiger partial charge < -0.3 is 10.6 Å². The van der Waals surface area contributed by atoms with Crippen LogP contribution in [0, 0.1) is 0 Å². The number of rotatable bonds is 6. The van der Waals surface area contributed by atoms with Crippen LogP contribution in [0.15, 0.2) is 48.8 Å². The predicted molar refractivity (Wildman–Crippen MR) is 80.6 cm³/mol. The molecule has 122 valence electrons. The second-order valence-corrected chi connectivity index (χ2v) is 4.89. The van der Waals surface area contributed by atoms with Gasteiger partial charge in [-0.15, -0.1) is 0 Å². The lowest BCUT2D eigenvalue weighted by molar-refractivity contribution is -0.137. The summed E-state index contributed by atoms with van der Waals surface area (Å²) in [5.74, 6) is -0.187. The lowest BCUT2D eigenvalue weighted by atomic mass is 10.2. The fraction of sp³-hybridized carbons (Fsp3) is 0.250. The number of aromatic nitrogens is 1. The highest BCUT2D eigenvalue weighted by atomic mass is 19.4.